The molecule has 0 spiro atoms. The summed E-state index contributed by atoms with van der Waals surface area (Å²) in [6, 6.07) is 13.4. The number of Topliss-reactive ketones (excluding diaryl/α,β-unsaturated/α-hetero) is 1. The Kier molecular flexibility index (Phi) is 4.95. The number of carbonyl (C=O) groups is 2. The highest BCUT2D eigenvalue weighted by Crippen LogP contribution is 2.28. The van der Waals surface area contributed by atoms with Gasteiger partial charge in [-0.15, -0.1) is 0 Å². The highest BCUT2D eigenvalue weighted by molar-refractivity contribution is 7.99. The van der Waals surface area contributed by atoms with E-state index in [-0.39, 0.29) is 17.1 Å². The van der Waals surface area contributed by atoms with Crippen LogP contribution < -0.4 is 0 Å². The monoisotopic (exact) mass is 315 g/mol. The van der Waals surface area contributed by atoms with E-state index in [9.17, 15) is 9.59 Å². The number of carbonyl (C=O) groups excluding carboxylic acids is 1. The Hall–Kier alpha value is -2.60. The third-order valence-corrected chi connectivity index (χ3v) is 3.95. The van der Waals surface area contributed by atoms with Gasteiger partial charge in [-0.05, 0) is 55.5 Å². The van der Waals surface area contributed by atoms with E-state index in [1.807, 2.05) is 0 Å². The van der Waals surface area contributed by atoms with E-state index in [1.165, 1.54) is 18.7 Å². The van der Waals surface area contributed by atoms with Crippen molar-refractivity contribution in [3.05, 3.63) is 59.7 Å². The third-order valence-electron chi connectivity index (χ3n) is 2.93. The lowest BCUT2D eigenvalue weighted by Crippen LogP contribution is -2.10. The van der Waals surface area contributed by atoms with Gasteiger partial charge in [-0.3, -0.25) is 4.79 Å². The Morgan fingerprint density at radius 3 is 1.77 bits per heavy atom. The van der Waals surface area contributed by atoms with Crippen LogP contribution in [-0.2, 0) is 0 Å². The van der Waals surface area contributed by atoms with Gasteiger partial charge in [-0.25, -0.2) is 4.79 Å². The summed E-state index contributed by atoms with van der Waals surface area (Å²) in [5, 5.41) is 20.3. The number of aromatic carboxylic acids is 1. The summed E-state index contributed by atoms with van der Waals surface area (Å²) in [7, 11) is 0. The second-order valence-electron chi connectivity index (χ2n) is 4.47. The fourth-order valence-electron chi connectivity index (χ4n) is 1.73. The number of carboxylic acid groups (broad SMARTS) is 1. The number of benzene rings is 2. The molecule has 0 aliphatic rings. The quantitative estimate of drug-likeness (QED) is 0.381. The maximum atomic E-state index is 11.8. The molecule has 2 aromatic rings. The van der Waals surface area contributed by atoms with Crippen LogP contribution in [0.2, 0.25) is 0 Å². The zero-order valence-corrected chi connectivity index (χ0v) is 12.5. The normalized spacial score (nSPS) is 11.2. The lowest BCUT2D eigenvalue weighted by Gasteiger charge is -2.04. The molecule has 112 valence electrons. The van der Waals surface area contributed by atoms with Crippen LogP contribution in [0.4, 0.5) is 0 Å². The molecule has 2 N–H and O–H groups in total. The zero-order chi connectivity index (χ0) is 16.1. The molecule has 0 heterocycles. The largest absolute Gasteiger partial charge is 0.478 e. The van der Waals surface area contributed by atoms with Crippen molar-refractivity contribution in [3.63, 3.8) is 0 Å². The van der Waals surface area contributed by atoms with Gasteiger partial charge in [-0.1, -0.05) is 16.9 Å². The summed E-state index contributed by atoms with van der Waals surface area (Å²) in [6.45, 7) is 1.44. The first-order chi connectivity index (χ1) is 10.5. The first kappa shape index (κ1) is 15.8. The van der Waals surface area contributed by atoms with E-state index in [0.29, 0.717) is 5.56 Å². The van der Waals surface area contributed by atoms with Crippen LogP contribution >= 0.6 is 11.8 Å². The molecule has 22 heavy (non-hydrogen) atoms. The Morgan fingerprint density at radius 1 is 0.909 bits per heavy atom. The summed E-state index contributed by atoms with van der Waals surface area (Å²) in [4.78, 5) is 24.4. The molecule has 5 nitrogen and oxygen atoms in total. The molecule has 0 radical (unpaired) electrons. The summed E-state index contributed by atoms with van der Waals surface area (Å²) >= 11 is 1.46. The number of rotatable bonds is 5. The minimum absolute atomic E-state index is 0.0321. The molecule has 2 rings (SSSR count). The number of oxime groups is 1. The molecule has 6 heteroatoms. The first-order valence-electron chi connectivity index (χ1n) is 6.36. The van der Waals surface area contributed by atoms with Crippen molar-refractivity contribution < 1.29 is 19.9 Å². The lowest BCUT2D eigenvalue weighted by atomic mass is 10.1. The summed E-state index contributed by atoms with van der Waals surface area (Å²) in [5.74, 6) is -1.29. The Bertz CT molecular complexity index is 721. The highest BCUT2D eigenvalue weighted by Gasteiger charge is 2.10. The average Bonchev–Trinajstić information content (AvgIpc) is 2.54. The number of nitrogens with zero attached hydrogens (tertiary/aromatic N) is 1. The second-order valence-corrected chi connectivity index (χ2v) is 5.62. The van der Waals surface area contributed by atoms with Gasteiger partial charge in [0.1, 0.15) is 5.71 Å². The molecule has 2 aromatic carbocycles. The van der Waals surface area contributed by atoms with Gasteiger partial charge >= 0.3 is 5.97 Å². The molecule has 0 amide bonds. The van der Waals surface area contributed by atoms with Gasteiger partial charge in [-0.2, -0.15) is 0 Å². The Balaban J connectivity index is 2.11. The van der Waals surface area contributed by atoms with E-state index in [2.05, 4.69) is 5.16 Å². The SMILES string of the molecule is C/C(=N\O)C(=O)c1ccc(Sc2ccc(C(=O)O)cc2)cc1. The van der Waals surface area contributed by atoms with Crippen molar-refractivity contribution in [2.75, 3.05) is 0 Å². The standard InChI is InChI=1S/C16H13NO4S/c1-10(17-21)15(18)11-2-6-13(7-3-11)22-14-8-4-12(5-9-14)16(19)20/h2-9,21H,1H3,(H,19,20)/b17-10+. The van der Waals surface area contributed by atoms with Crippen molar-refractivity contribution >= 4 is 29.2 Å². The van der Waals surface area contributed by atoms with Gasteiger partial charge in [0.05, 0.1) is 5.56 Å². The van der Waals surface area contributed by atoms with Crippen molar-refractivity contribution in [1.29, 1.82) is 0 Å². The highest BCUT2D eigenvalue weighted by atomic mass is 32.2. The van der Waals surface area contributed by atoms with Gasteiger partial charge in [0, 0.05) is 15.4 Å². The van der Waals surface area contributed by atoms with Crippen molar-refractivity contribution in [2.45, 2.75) is 16.7 Å². The molecule has 0 aliphatic heterocycles. The minimum atomic E-state index is -0.958. The fraction of sp³-hybridized carbons (Fsp3) is 0.0625. The van der Waals surface area contributed by atoms with Crippen LogP contribution in [0.3, 0.4) is 0 Å². The van der Waals surface area contributed by atoms with E-state index in [4.69, 9.17) is 10.3 Å². The lowest BCUT2D eigenvalue weighted by molar-refractivity contribution is 0.0696. The zero-order valence-electron chi connectivity index (χ0n) is 11.7. The fourth-order valence-corrected chi connectivity index (χ4v) is 2.55. The molecule has 0 fully saturated rings. The van der Waals surface area contributed by atoms with Crippen molar-refractivity contribution in [2.24, 2.45) is 5.16 Å². The molecule has 0 aromatic heterocycles. The molecular weight excluding hydrogens is 302 g/mol. The average molecular weight is 315 g/mol. The number of hydrogen-bond donors (Lipinski definition) is 2. The molecular formula is C16H13NO4S. The summed E-state index contributed by atoms with van der Waals surface area (Å²) in [5.41, 5.74) is 0.717. The molecule has 0 unspecified atom stereocenters. The van der Waals surface area contributed by atoms with E-state index < -0.39 is 5.97 Å². The van der Waals surface area contributed by atoms with Crippen LogP contribution in [0, 0.1) is 0 Å². The van der Waals surface area contributed by atoms with Crippen LogP contribution in [0.1, 0.15) is 27.6 Å². The number of ketones is 1. The van der Waals surface area contributed by atoms with Crippen molar-refractivity contribution in [3.8, 4) is 0 Å². The number of hydrogen-bond acceptors (Lipinski definition) is 5. The van der Waals surface area contributed by atoms with E-state index >= 15 is 0 Å². The predicted molar refractivity (Wildman–Crippen MR) is 83.2 cm³/mol. The van der Waals surface area contributed by atoms with Gasteiger partial charge in [0.15, 0.2) is 0 Å². The van der Waals surface area contributed by atoms with Gasteiger partial charge < -0.3 is 10.3 Å². The molecule has 0 saturated carbocycles. The number of carboxylic acids is 1. The second kappa shape index (κ2) is 6.91. The van der Waals surface area contributed by atoms with Gasteiger partial charge in [0.25, 0.3) is 0 Å². The van der Waals surface area contributed by atoms with Gasteiger partial charge in [0.2, 0.25) is 5.78 Å². The predicted octanol–water partition coefficient (Wildman–Crippen LogP) is 3.57. The summed E-state index contributed by atoms with van der Waals surface area (Å²) in [6.07, 6.45) is 0. The molecule has 0 bridgehead atoms. The van der Waals surface area contributed by atoms with Crippen LogP contribution in [-0.4, -0.2) is 27.8 Å². The maximum Gasteiger partial charge on any atom is 0.335 e. The Labute approximate surface area is 131 Å². The Morgan fingerprint density at radius 2 is 1.36 bits per heavy atom. The molecule has 0 atom stereocenters. The van der Waals surface area contributed by atoms with Crippen LogP contribution in [0.5, 0.6) is 0 Å². The smallest absolute Gasteiger partial charge is 0.335 e. The van der Waals surface area contributed by atoms with Crippen molar-refractivity contribution in [1.82, 2.24) is 0 Å². The van der Waals surface area contributed by atoms with E-state index in [0.717, 1.165) is 9.79 Å². The molecule has 0 saturated heterocycles. The maximum absolute atomic E-state index is 11.8. The first-order valence-corrected chi connectivity index (χ1v) is 7.17. The van der Waals surface area contributed by atoms with Crippen LogP contribution in [0.15, 0.2) is 63.5 Å². The van der Waals surface area contributed by atoms with Crippen LogP contribution in [0.25, 0.3) is 0 Å². The van der Waals surface area contributed by atoms with E-state index in [1.54, 1.807) is 48.5 Å². The third kappa shape index (κ3) is 3.73. The minimum Gasteiger partial charge on any atom is -0.478 e. The topological polar surface area (TPSA) is 87.0 Å². The molecule has 0 aliphatic carbocycles. The summed E-state index contributed by atoms with van der Waals surface area (Å²) < 4.78 is 0.